The zero-order valence-corrected chi connectivity index (χ0v) is 21.8. The normalized spacial score (nSPS) is 16.7. The summed E-state index contributed by atoms with van der Waals surface area (Å²) in [7, 11) is 1.63. The highest BCUT2D eigenvalue weighted by molar-refractivity contribution is 6.18. The van der Waals surface area contributed by atoms with Gasteiger partial charge in [-0.15, -0.1) is 0 Å². The summed E-state index contributed by atoms with van der Waals surface area (Å²) >= 11 is 0. The zero-order valence-electron chi connectivity index (χ0n) is 21.8. The van der Waals surface area contributed by atoms with Crippen LogP contribution in [0, 0.1) is 0 Å². The van der Waals surface area contributed by atoms with Gasteiger partial charge in [-0.25, -0.2) is 0 Å². The van der Waals surface area contributed by atoms with E-state index in [0.29, 0.717) is 17.9 Å². The summed E-state index contributed by atoms with van der Waals surface area (Å²) in [5, 5.41) is 4.27. The average molecular weight is 498 g/mol. The Hall–Kier alpha value is -3.90. The quantitative estimate of drug-likeness (QED) is 0.101. The predicted octanol–water partition coefficient (Wildman–Crippen LogP) is 6.01. The van der Waals surface area contributed by atoms with Crippen molar-refractivity contribution in [2.75, 3.05) is 31.7 Å². The van der Waals surface area contributed by atoms with Gasteiger partial charge in [0.25, 0.3) is 5.91 Å². The van der Waals surface area contributed by atoms with Crippen LogP contribution in [0.15, 0.2) is 102 Å². The second kappa shape index (κ2) is 12.9. The van der Waals surface area contributed by atoms with Crippen LogP contribution in [-0.4, -0.2) is 43.3 Å². The maximum absolute atomic E-state index is 13.2. The molecule has 4 rings (SSSR count). The molecule has 192 valence electrons. The monoisotopic (exact) mass is 497 g/mol. The molecule has 6 heteroatoms. The fourth-order valence-electron chi connectivity index (χ4n) is 4.50. The number of amides is 1. The Balaban J connectivity index is 1.37. The van der Waals surface area contributed by atoms with Gasteiger partial charge in [0.05, 0.1) is 18.9 Å². The van der Waals surface area contributed by atoms with Crippen LogP contribution in [0.1, 0.15) is 37.4 Å². The molecule has 0 aliphatic carbocycles. The molecule has 0 saturated carbocycles. The Kier molecular flexibility index (Phi) is 9.11. The molecular weight excluding hydrogens is 462 g/mol. The molecule has 1 fully saturated rings. The van der Waals surface area contributed by atoms with E-state index in [1.54, 1.807) is 12.0 Å². The number of carbonyl (C=O) groups is 1. The van der Waals surface area contributed by atoms with Crippen LogP contribution in [0.5, 0.6) is 5.75 Å². The van der Waals surface area contributed by atoms with Crippen LogP contribution < -0.4 is 9.64 Å². The maximum Gasteiger partial charge on any atom is 0.257 e. The van der Waals surface area contributed by atoms with Crippen molar-refractivity contribution in [1.82, 2.24) is 4.90 Å². The number of β-lactam (4-membered cyclic amide) rings is 1. The molecule has 1 aliphatic heterocycles. The highest BCUT2D eigenvalue weighted by Crippen LogP contribution is 2.43. The molecule has 6 nitrogen and oxygen atoms in total. The number of carbonyl (C=O) groups excluding carboxylic acids is 1. The van der Waals surface area contributed by atoms with Gasteiger partial charge < -0.3 is 9.57 Å². The van der Waals surface area contributed by atoms with Crippen molar-refractivity contribution < 1.29 is 14.4 Å². The minimum atomic E-state index is -0.177. The molecule has 0 bridgehead atoms. The summed E-state index contributed by atoms with van der Waals surface area (Å²) in [5.41, 5.74) is 4.57. The van der Waals surface area contributed by atoms with Crippen molar-refractivity contribution in [1.29, 1.82) is 0 Å². The molecule has 0 N–H and O–H groups in total. The minimum Gasteiger partial charge on any atom is -0.497 e. The smallest absolute Gasteiger partial charge is 0.257 e. The van der Waals surface area contributed by atoms with E-state index in [1.165, 1.54) is 5.56 Å². The van der Waals surface area contributed by atoms with Gasteiger partial charge in [0, 0.05) is 24.4 Å². The molecule has 1 atom stereocenters. The first-order valence-electron chi connectivity index (χ1n) is 12.8. The highest BCUT2D eigenvalue weighted by atomic mass is 16.6. The number of ether oxygens (including phenoxy) is 1. The molecule has 3 aromatic carbocycles. The van der Waals surface area contributed by atoms with Gasteiger partial charge in [-0.2, -0.15) is 0 Å². The third-order valence-electron chi connectivity index (χ3n) is 6.46. The van der Waals surface area contributed by atoms with E-state index < -0.39 is 0 Å². The number of benzene rings is 3. The standard InChI is InChI=1S/C31H35N3O3/c1-4-33(23-25-12-7-5-8-13-25)20-11-21-37-32-24(2)22-29-30(26-14-9-6-10-15-26)34(31(29)35)27-16-18-28(36-3)19-17-27/h5-10,12-19,22,30H,4,11,20-21,23H2,1-3H3/b29-22+,32-24?. The van der Waals surface area contributed by atoms with Crippen molar-refractivity contribution >= 4 is 17.3 Å². The fourth-order valence-corrected chi connectivity index (χ4v) is 4.50. The Morgan fingerprint density at radius 2 is 1.68 bits per heavy atom. The number of nitrogens with zero attached hydrogens (tertiary/aromatic N) is 3. The van der Waals surface area contributed by atoms with Gasteiger partial charge in [0.1, 0.15) is 12.4 Å². The Morgan fingerprint density at radius 3 is 2.32 bits per heavy atom. The number of rotatable bonds is 12. The van der Waals surface area contributed by atoms with Gasteiger partial charge in [-0.3, -0.25) is 14.6 Å². The number of methoxy groups -OCH3 is 1. The molecule has 37 heavy (non-hydrogen) atoms. The SMILES string of the molecule is CCN(CCCON=C(C)/C=C1/C(=O)N(c2ccc(OC)cc2)C1c1ccccc1)Cc1ccccc1. The number of hydrogen-bond acceptors (Lipinski definition) is 5. The van der Waals surface area contributed by atoms with Crippen LogP contribution >= 0.6 is 0 Å². The molecule has 3 aromatic rings. The number of hydrogen-bond donors (Lipinski definition) is 0. The Bertz CT molecular complexity index is 1210. The van der Waals surface area contributed by atoms with Crippen LogP contribution in [0.3, 0.4) is 0 Å². The highest BCUT2D eigenvalue weighted by Gasteiger charge is 2.43. The largest absolute Gasteiger partial charge is 0.497 e. The van der Waals surface area contributed by atoms with Crippen molar-refractivity contribution in [3.8, 4) is 5.75 Å². The topological polar surface area (TPSA) is 54.4 Å². The molecule has 1 aliphatic rings. The van der Waals surface area contributed by atoms with E-state index in [4.69, 9.17) is 9.57 Å². The van der Waals surface area contributed by atoms with Gasteiger partial charge in [0.2, 0.25) is 0 Å². The summed E-state index contributed by atoms with van der Waals surface area (Å²) < 4.78 is 5.27. The van der Waals surface area contributed by atoms with Crippen LogP contribution in [0.2, 0.25) is 0 Å². The third kappa shape index (κ3) is 6.66. The zero-order chi connectivity index (χ0) is 26.0. The number of anilines is 1. The van der Waals surface area contributed by atoms with E-state index in [1.807, 2.05) is 73.7 Å². The third-order valence-corrected chi connectivity index (χ3v) is 6.46. The van der Waals surface area contributed by atoms with Crippen molar-refractivity contribution in [2.24, 2.45) is 5.16 Å². The lowest BCUT2D eigenvalue weighted by Gasteiger charge is -2.43. The van der Waals surface area contributed by atoms with E-state index in [9.17, 15) is 4.79 Å². The second-order valence-electron chi connectivity index (χ2n) is 9.06. The molecule has 0 aromatic heterocycles. The first-order chi connectivity index (χ1) is 18.1. The molecule has 1 heterocycles. The van der Waals surface area contributed by atoms with Crippen LogP contribution in [0.25, 0.3) is 0 Å². The molecule has 1 unspecified atom stereocenters. The molecular formula is C31H35N3O3. The fraction of sp³-hybridized carbons (Fsp3) is 0.290. The van der Waals surface area contributed by atoms with Crippen molar-refractivity contribution in [3.05, 3.63) is 108 Å². The summed E-state index contributed by atoms with van der Waals surface area (Å²) in [5.74, 6) is 0.721. The molecule has 1 amide bonds. The number of allylic oxidation sites excluding steroid dienone is 1. The van der Waals surface area contributed by atoms with E-state index >= 15 is 0 Å². The maximum atomic E-state index is 13.2. The molecule has 1 saturated heterocycles. The Labute approximate surface area is 219 Å². The first kappa shape index (κ1) is 26.2. The molecule has 0 spiro atoms. The van der Waals surface area contributed by atoms with Gasteiger partial charge in [0.15, 0.2) is 0 Å². The summed E-state index contributed by atoms with van der Waals surface area (Å²) in [6, 6.07) is 27.9. The van der Waals surface area contributed by atoms with Gasteiger partial charge in [-0.1, -0.05) is 72.7 Å². The summed E-state index contributed by atoms with van der Waals surface area (Å²) in [6.07, 6.45) is 2.72. The summed E-state index contributed by atoms with van der Waals surface area (Å²) in [6.45, 7) is 7.42. The molecule has 0 radical (unpaired) electrons. The van der Waals surface area contributed by atoms with E-state index in [2.05, 4.69) is 41.2 Å². The second-order valence-corrected chi connectivity index (χ2v) is 9.06. The predicted molar refractivity (Wildman–Crippen MR) is 149 cm³/mol. The van der Waals surface area contributed by atoms with Crippen LogP contribution in [-0.2, 0) is 16.2 Å². The van der Waals surface area contributed by atoms with Gasteiger partial charge >= 0.3 is 0 Å². The van der Waals surface area contributed by atoms with Crippen molar-refractivity contribution in [2.45, 2.75) is 32.9 Å². The summed E-state index contributed by atoms with van der Waals surface area (Å²) in [4.78, 5) is 23.0. The first-order valence-corrected chi connectivity index (χ1v) is 12.8. The van der Waals surface area contributed by atoms with Crippen molar-refractivity contribution in [3.63, 3.8) is 0 Å². The average Bonchev–Trinajstić information content (AvgIpc) is 2.94. The number of oxime groups is 1. The lowest BCUT2D eigenvalue weighted by atomic mass is 9.86. The minimum absolute atomic E-state index is 0.0342. The Morgan fingerprint density at radius 1 is 1.00 bits per heavy atom. The van der Waals surface area contributed by atoms with Gasteiger partial charge in [-0.05, 0) is 61.4 Å². The lowest BCUT2D eigenvalue weighted by molar-refractivity contribution is -0.119. The van der Waals surface area contributed by atoms with E-state index in [-0.39, 0.29) is 11.9 Å². The van der Waals surface area contributed by atoms with E-state index in [0.717, 1.165) is 43.1 Å². The van der Waals surface area contributed by atoms with Crippen LogP contribution in [0.4, 0.5) is 5.69 Å². The lowest BCUT2D eigenvalue weighted by Crippen LogP contribution is -2.49.